The molecule has 7 heteroatoms. The fraction of sp³-hybridized carbons (Fsp3) is 0.316. The highest BCUT2D eigenvalue weighted by atomic mass is 32.1. The molecule has 0 fully saturated rings. The zero-order valence-electron chi connectivity index (χ0n) is 14.9. The molecule has 26 heavy (non-hydrogen) atoms. The first-order chi connectivity index (χ1) is 12.7. The third-order valence-corrected chi connectivity index (χ3v) is 4.87. The first kappa shape index (κ1) is 18.3. The summed E-state index contributed by atoms with van der Waals surface area (Å²) in [5.74, 6) is 1.45. The number of nitrogens with one attached hydrogen (secondary N) is 2. The van der Waals surface area contributed by atoms with Gasteiger partial charge < -0.3 is 15.7 Å². The smallest absolute Gasteiger partial charge is 0.225 e. The van der Waals surface area contributed by atoms with Gasteiger partial charge in [-0.2, -0.15) is 4.98 Å². The van der Waals surface area contributed by atoms with Gasteiger partial charge in [0.05, 0.1) is 30.6 Å². The van der Waals surface area contributed by atoms with E-state index in [-0.39, 0.29) is 18.6 Å². The molecule has 0 spiro atoms. The molecule has 0 aliphatic heterocycles. The molecule has 0 saturated carbocycles. The highest BCUT2D eigenvalue weighted by Crippen LogP contribution is 2.21. The zero-order chi connectivity index (χ0) is 18.4. The Morgan fingerprint density at radius 2 is 2.00 bits per heavy atom. The second-order valence-corrected chi connectivity index (χ2v) is 7.32. The van der Waals surface area contributed by atoms with Gasteiger partial charge in [-0.05, 0) is 29.5 Å². The standard InChI is InChI=1S/C19H23N5OS/c1-13(2)17(12-25)23-19-22-16(15-7-3-4-8-20-15)10-18(24-19)21-11-14-6-5-9-26-14/h3-10,13,17,25H,11-12H2,1-2H3,(H2,21,22,23,24)/t17-/m0/s1. The molecule has 3 rings (SSSR count). The molecule has 3 N–H and O–H groups in total. The summed E-state index contributed by atoms with van der Waals surface area (Å²) in [5, 5.41) is 18.2. The molecule has 0 aliphatic carbocycles. The fourth-order valence-corrected chi connectivity index (χ4v) is 3.07. The van der Waals surface area contributed by atoms with Crippen LogP contribution in [0.25, 0.3) is 11.4 Å². The maximum atomic E-state index is 9.60. The van der Waals surface area contributed by atoms with E-state index < -0.39 is 0 Å². The van der Waals surface area contributed by atoms with Gasteiger partial charge in [0, 0.05) is 17.1 Å². The summed E-state index contributed by atoms with van der Waals surface area (Å²) in [7, 11) is 0. The summed E-state index contributed by atoms with van der Waals surface area (Å²) >= 11 is 1.70. The summed E-state index contributed by atoms with van der Waals surface area (Å²) < 4.78 is 0. The second kappa shape index (κ2) is 8.73. The Bertz CT molecular complexity index is 808. The molecule has 0 saturated heterocycles. The van der Waals surface area contributed by atoms with Crippen LogP contribution >= 0.6 is 11.3 Å². The van der Waals surface area contributed by atoms with Crippen molar-refractivity contribution in [2.75, 3.05) is 17.2 Å². The lowest BCUT2D eigenvalue weighted by atomic mass is 10.1. The van der Waals surface area contributed by atoms with E-state index in [0.29, 0.717) is 12.5 Å². The summed E-state index contributed by atoms with van der Waals surface area (Å²) in [6.45, 7) is 4.81. The molecule has 1 atom stereocenters. The van der Waals surface area contributed by atoms with E-state index in [1.165, 1.54) is 4.88 Å². The Hall–Kier alpha value is -2.51. The molecule has 136 valence electrons. The molecular formula is C19H23N5OS. The van der Waals surface area contributed by atoms with Gasteiger partial charge in [0.25, 0.3) is 0 Å². The van der Waals surface area contributed by atoms with Crippen molar-refractivity contribution in [1.82, 2.24) is 15.0 Å². The lowest BCUT2D eigenvalue weighted by Gasteiger charge is -2.20. The molecule has 3 aromatic heterocycles. The molecule has 6 nitrogen and oxygen atoms in total. The number of pyridine rings is 1. The molecule has 0 amide bonds. The van der Waals surface area contributed by atoms with E-state index in [9.17, 15) is 5.11 Å². The topological polar surface area (TPSA) is 83.0 Å². The number of aliphatic hydroxyl groups excluding tert-OH is 1. The fourth-order valence-electron chi connectivity index (χ4n) is 2.43. The average molecular weight is 369 g/mol. The van der Waals surface area contributed by atoms with Crippen LogP contribution in [0.4, 0.5) is 11.8 Å². The molecule has 0 aromatic carbocycles. The van der Waals surface area contributed by atoms with E-state index in [4.69, 9.17) is 0 Å². The Balaban J connectivity index is 1.88. The van der Waals surface area contributed by atoms with Gasteiger partial charge in [-0.15, -0.1) is 11.3 Å². The second-order valence-electron chi connectivity index (χ2n) is 6.29. The molecular weight excluding hydrogens is 346 g/mol. The lowest BCUT2D eigenvalue weighted by Crippen LogP contribution is -2.30. The normalized spacial score (nSPS) is 12.2. The molecule has 0 radical (unpaired) electrons. The average Bonchev–Trinajstić information content (AvgIpc) is 3.18. The number of aromatic nitrogens is 3. The van der Waals surface area contributed by atoms with Crippen LogP contribution in [-0.4, -0.2) is 32.7 Å². The summed E-state index contributed by atoms with van der Waals surface area (Å²) in [6.07, 6.45) is 1.74. The minimum atomic E-state index is -0.112. The number of aliphatic hydroxyl groups is 1. The summed E-state index contributed by atoms with van der Waals surface area (Å²) in [6, 6.07) is 11.6. The lowest BCUT2D eigenvalue weighted by molar-refractivity contribution is 0.248. The Kier molecular flexibility index (Phi) is 6.14. The van der Waals surface area contributed by atoms with Gasteiger partial charge in [0.15, 0.2) is 0 Å². The third-order valence-electron chi connectivity index (χ3n) is 3.99. The highest BCUT2D eigenvalue weighted by Gasteiger charge is 2.15. The maximum absolute atomic E-state index is 9.60. The van der Waals surface area contributed by atoms with Gasteiger partial charge >= 0.3 is 0 Å². The van der Waals surface area contributed by atoms with Crippen molar-refractivity contribution in [1.29, 1.82) is 0 Å². The van der Waals surface area contributed by atoms with Crippen LogP contribution in [0, 0.1) is 5.92 Å². The molecule has 0 unspecified atom stereocenters. The quantitative estimate of drug-likeness (QED) is 0.562. The van der Waals surface area contributed by atoms with Crippen molar-refractivity contribution < 1.29 is 5.11 Å². The molecule has 0 aliphatic rings. The minimum absolute atomic E-state index is 0.0206. The van der Waals surface area contributed by atoms with E-state index in [1.54, 1.807) is 17.5 Å². The van der Waals surface area contributed by atoms with Crippen LogP contribution in [-0.2, 0) is 6.54 Å². The first-order valence-corrected chi connectivity index (χ1v) is 9.48. The van der Waals surface area contributed by atoms with Crippen molar-refractivity contribution in [2.24, 2.45) is 5.92 Å². The number of hydrogen-bond acceptors (Lipinski definition) is 7. The van der Waals surface area contributed by atoms with Gasteiger partial charge in [0.2, 0.25) is 5.95 Å². The Morgan fingerprint density at radius 1 is 1.12 bits per heavy atom. The van der Waals surface area contributed by atoms with Crippen molar-refractivity contribution in [3.05, 3.63) is 52.9 Å². The monoisotopic (exact) mass is 369 g/mol. The SMILES string of the molecule is CC(C)[C@H](CO)Nc1nc(NCc2cccs2)cc(-c2ccccn2)n1. The zero-order valence-corrected chi connectivity index (χ0v) is 15.7. The number of nitrogens with zero attached hydrogens (tertiary/aromatic N) is 3. The van der Waals surface area contributed by atoms with Gasteiger partial charge in [-0.3, -0.25) is 4.98 Å². The van der Waals surface area contributed by atoms with Crippen LogP contribution in [0.3, 0.4) is 0 Å². The van der Waals surface area contributed by atoms with Crippen LogP contribution in [0.15, 0.2) is 48.0 Å². The van der Waals surface area contributed by atoms with E-state index in [0.717, 1.165) is 17.2 Å². The third kappa shape index (κ3) is 4.77. The Labute approximate surface area is 157 Å². The maximum Gasteiger partial charge on any atom is 0.225 e. The van der Waals surface area contributed by atoms with Crippen molar-refractivity contribution in [2.45, 2.75) is 26.4 Å². The summed E-state index contributed by atoms with van der Waals surface area (Å²) in [4.78, 5) is 14.8. The molecule has 3 heterocycles. The van der Waals surface area contributed by atoms with Crippen LogP contribution in [0.2, 0.25) is 0 Å². The predicted molar refractivity (Wildman–Crippen MR) is 106 cm³/mol. The summed E-state index contributed by atoms with van der Waals surface area (Å²) in [5.41, 5.74) is 1.51. The van der Waals surface area contributed by atoms with Crippen molar-refractivity contribution in [3.63, 3.8) is 0 Å². The minimum Gasteiger partial charge on any atom is -0.394 e. The Morgan fingerprint density at radius 3 is 2.65 bits per heavy atom. The number of anilines is 2. The van der Waals surface area contributed by atoms with Crippen molar-refractivity contribution >= 4 is 23.1 Å². The van der Waals surface area contributed by atoms with Crippen LogP contribution < -0.4 is 10.6 Å². The predicted octanol–water partition coefficient (Wildman–Crippen LogP) is 3.64. The first-order valence-electron chi connectivity index (χ1n) is 8.60. The largest absolute Gasteiger partial charge is 0.394 e. The number of thiophene rings is 1. The number of hydrogen-bond donors (Lipinski definition) is 3. The van der Waals surface area contributed by atoms with Gasteiger partial charge in [0.1, 0.15) is 5.82 Å². The van der Waals surface area contributed by atoms with Gasteiger partial charge in [-0.25, -0.2) is 4.98 Å². The number of rotatable bonds is 8. The van der Waals surface area contributed by atoms with E-state index >= 15 is 0 Å². The van der Waals surface area contributed by atoms with Gasteiger partial charge in [-0.1, -0.05) is 26.0 Å². The van der Waals surface area contributed by atoms with Crippen molar-refractivity contribution in [3.8, 4) is 11.4 Å². The highest BCUT2D eigenvalue weighted by molar-refractivity contribution is 7.09. The van der Waals surface area contributed by atoms with E-state index in [1.807, 2.05) is 44.2 Å². The molecule has 3 aromatic rings. The van der Waals surface area contributed by atoms with Crippen LogP contribution in [0.1, 0.15) is 18.7 Å². The van der Waals surface area contributed by atoms with E-state index in [2.05, 4.69) is 37.0 Å². The van der Waals surface area contributed by atoms with Crippen LogP contribution in [0.5, 0.6) is 0 Å². The molecule has 0 bridgehead atoms.